The second-order valence-electron chi connectivity index (χ2n) is 12.6. The fourth-order valence-corrected chi connectivity index (χ4v) is 7.32. The molecule has 1 spiro atoms. The standard InChI is InChI=1S/C33H34N2O10/c1-15-10-18-22(19(37)11-15)26(40)24-20-12-17-16(23(24)25(18)39)4-9-34-30(17)35-13-21(38)32(5-2-3-6-32)7-8-33(14-36)29(43)27(41)28(42)31(44-20)45-33/h4,7-12,21,27-29,31,36-38,41-43H,2-3,5-6,13-14H2,1H3,(H,34,35)/b8-7+/t21-,27-,28-,29+,31-,33-/m1/s1. The number of aromatic nitrogens is 1. The molecular formula is C33H34N2O10. The van der Waals surface area contributed by atoms with Gasteiger partial charge < -0.3 is 45.4 Å². The molecule has 0 amide bonds. The summed E-state index contributed by atoms with van der Waals surface area (Å²) >= 11 is 0. The van der Waals surface area contributed by atoms with Crippen molar-refractivity contribution in [1.29, 1.82) is 0 Å². The molecule has 45 heavy (non-hydrogen) atoms. The van der Waals surface area contributed by atoms with E-state index in [0.29, 0.717) is 35.0 Å². The van der Waals surface area contributed by atoms with Crippen LogP contribution in [0.1, 0.15) is 63.1 Å². The van der Waals surface area contributed by atoms with Gasteiger partial charge >= 0.3 is 0 Å². The predicted octanol–water partition coefficient (Wildman–Crippen LogP) is 1.48. The molecule has 2 aliphatic heterocycles. The molecule has 1 saturated heterocycles. The first-order chi connectivity index (χ1) is 21.5. The van der Waals surface area contributed by atoms with Crippen molar-refractivity contribution in [3.8, 4) is 11.5 Å². The van der Waals surface area contributed by atoms with Gasteiger partial charge in [-0.2, -0.15) is 0 Å². The summed E-state index contributed by atoms with van der Waals surface area (Å²) in [6.45, 7) is 0.916. The van der Waals surface area contributed by atoms with Gasteiger partial charge in [-0.15, -0.1) is 0 Å². The summed E-state index contributed by atoms with van der Waals surface area (Å²) < 4.78 is 12.2. The topological polar surface area (TPSA) is 199 Å². The minimum absolute atomic E-state index is 0.0136. The highest BCUT2D eigenvalue weighted by molar-refractivity contribution is 6.34. The molecule has 4 bridgehead atoms. The number of nitrogens with zero attached hydrogens (tertiary/aromatic N) is 1. The Morgan fingerprint density at radius 2 is 1.71 bits per heavy atom. The maximum atomic E-state index is 14.1. The maximum Gasteiger partial charge on any atom is 0.229 e. The predicted molar refractivity (Wildman–Crippen MR) is 159 cm³/mol. The summed E-state index contributed by atoms with van der Waals surface area (Å²) in [5.41, 5.74) is -2.56. The maximum absolute atomic E-state index is 14.1. The van der Waals surface area contributed by atoms with Crippen LogP contribution >= 0.6 is 0 Å². The summed E-state index contributed by atoms with van der Waals surface area (Å²) in [5.74, 6) is -1.56. The molecule has 2 aromatic carbocycles. The Bertz CT molecular complexity index is 1770. The second kappa shape index (κ2) is 10.6. The molecule has 2 fully saturated rings. The first kappa shape index (κ1) is 29.8. The Morgan fingerprint density at radius 1 is 0.956 bits per heavy atom. The Labute approximate surface area is 257 Å². The van der Waals surface area contributed by atoms with Crippen LogP contribution in [-0.4, -0.2) is 96.6 Å². The van der Waals surface area contributed by atoms with E-state index in [1.807, 2.05) is 0 Å². The van der Waals surface area contributed by atoms with Crippen molar-refractivity contribution in [1.82, 2.24) is 4.98 Å². The highest BCUT2D eigenvalue weighted by atomic mass is 16.7. The number of pyridine rings is 1. The largest absolute Gasteiger partial charge is 0.507 e. The summed E-state index contributed by atoms with van der Waals surface area (Å²) in [4.78, 5) is 32.7. The first-order valence-electron chi connectivity index (χ1n) is 15.0. The molecule has 1 aromatic heterocycles. The molecule has 4 aliphatic rings. The number of benzene rings is 2. The molecule has 7 N–H and O–H groups in total. The Morgan fingerprint density at radius 3 is 2.44 bits per heavy atom. The van der Waals surface area contributed by atoms with Crippen molar-refractivity contribution in [3.63, 3.8) is 0 Å². The van der Waals surface area contributed by atoms with Crippen molar-refractivity contribution < 1.29 is 49.7 Å². The molecule has 0 radical (unpaired) electrons. The minimum atomic E-state index is -1.96. The minimum Gasteiger partial charge on any atom is -0.507 e. The first-order valence-corrected chi connectivity index (χ1v) is 15.0. The number of ketones is 2. The molecule has 2 aliphatic carbocycles. The Balaban J connectivity index is 1.48. The van der Waals surface area contributed by atoms with Crippen LogP contribution in [0.4, 0.5) is 5.82 Å². The van der Waals surface area contributed by atoms with E-state index in [1.54, 1.807) is 19.1 Å². The number of fused-ring (bicyclic) bond motifs is 7. The van der Waals surface area contributed by atoms with Crippen molar-refractivity contribution in [2.45, 2.75) is 68.9 Å². The molecule has 7 rings (SSSR count). The number of β-amino-alcohol motifs (C(OH)–C–C–N with tert-alkyl or cyclic N) is 1. The molecule has 12 heteroatoms. The summed E-state index contributed by atoms with van der Waals surface area (Å²) in [6, 6.07) is 5.92. The summed E-state index contributed by atoms with van der Waals surface area (Å²) in [7, 11) is 0. The number of phenols is 1. The van der Waals surface area contributed by atoms with Crippen LogP contribution in [-0.2, 0) is 4.74 Å². The van der Waals surface area contributed by atoms with E-state index in [-0.39, 0.29) is 40.3 Å². The number of hydrogen-bond donors (Lipinski definition) is 7. The number of aliphatic hydroxyl groups is 5. The second-order valence-corrected chi connectivity index (χ2v) is 12.6. The molecule has 3 heterocycles. The number of rotatable bonds is 1. The smallest absolute Gasteiger partial charge is 0.229 e. The van der Waals surface area contributed by atoms with Gasteiger partial charge in [-0.05, 0) is 55.0 Å². The molecule has 12 nitrogen and oxygen atoms in total. The van der Waals surface area contributed by atoms with Crippen LogP contribution in [0, 0.1) is 12.3 Å². The Kier molecular flexibility index (Phi) is 7.00. The van der Waals surface area contributed by atoms with Crippen molar-refractivity contribution in [2.24, 2.45) is 5.41 Å². The van der Waals surface area contributed by atoms with Crippen LogP contribution in [0.2, 0.25) is 0 Å². The summed E-state index contributed by atoms with van der Waals surface area (Å²) in [6.07, 6.45) is -0.710. The number of phenolic OH excluding ortho intramolecular Hbond substituents is 1. The fraction of sp³-hybridized carbons (Fsp3) is 0.424. The van der Waals surface area contributed by atoms with Gasteiger partial charge in [0.25, 0.3) is 0 Å². The number of anilines is 1. The zero-order valence-corrected chi connectivity index (χ0v) is 24.4. The van der Waals surface area contributed by atoms with Gasteiger partial charge in [-0.25, -0.2) is 4.98 Å². The van der Waals surface area contributed by atoms with Crippen molar-refractivity contribution in [3.05, 3.63) is 70.4 Å². The number of aryl methyl sites for hydroxylation is 1. The van der Waals surface area contributed by atoms with E-state index in [0.717, 1.165) is 12.8 Å². The third kappa shape index (κ3) is 4.39. The molecule has 236 valence electrons. The lowest BCUT2D eigenvalue weighted by atomic mass is 9.77. The van der Waals surface area contributed by atoms with Gasteiger partial charge in [-0.1, -0.05) is 25.0 Å². The summed E-state index contributed by atoms with van der Waals surface area (Å²) in [5, 5.41) is 69.8. The van der Waals surface area contributed by atoms with E-state index in [2.05, 4.69) is 10.3 Å². The number of carbonyl (C=O) groups is 2. The quantitative estimate of drug-likeness (QED) is 0.152. The van der Waals surface area contributed by atoms with Gasteiger partial charge in [0.15, 0.2) is 5.78 Å². The van der Waals surface area contributed by atoms with Gasteiger partial charge in [0.1, 0.15) is 41.2 Å². The molecule has 1 saturated carbocycles. The number of nitrogens with one attached hydrogen (secondary N) is 1. The number of aliphatic hydroxyl groups excluding tert-OH is 5. The average molecular weight is 619 g/mol. The van der Waals surface area contributed by atoms with Gasteiger partial charge in [0.05, 0.1) is 23.8 Å². The van der Waals surface area contributed by atoms with Crippen molar-refractivity contribution >= 4 is 28.2 Å². The van der Waals surface area contributed by atoms with E-state index in [1.165, 1.54) is 30.5 Å². The van der Waals surface area contributed by atoms with Crippen LogP contribution in [0.5, 0.6) is 11.5 Å². The lowest BCUT2D eigenvalue weighted by Gasteiger charge is -2.47. The third-order valence-corrected chi connectivity index (χ3v) is 9.86. The zero-order chi connectivity index (χ0) is 31.8. The van der Waals surface area contributed by atoms with E-state index >= 15 is 0 Å². The van der Waals surface area contributed by atoms with Gasteiger partial charge in [0, 0.05) is 34.7 Å². The monoisotopic (exact) mass is 618 g/mol. The number of hydrogen-bond acceptors (Lipinski definition) is 12. The SMILES string of the molecule is Cc1cc(O)c2c(c1)C(=O)c1c(c3cc4c(nccc14)NC[C@@H](O)C1(/C=C/[C@]4(CO)O[C@@H](O3)[C@H](O)[C@@H](O)[C@@H]4O)CCCC1)C2=O. The molecular weight excluding hydrogens is 584 g/mol. The number of carbonyl (C=O) groups excluding carboxylic acids is 2. The zero-order valence-electron chi connectivity index (χ0n) is 24.4. The average Bonchev–Trinajstić information content (AvgIpc) is 3.51. The van der Waals surface area contributed by atoms with Crippen LogP contribution < -0.4 is 10.1 Å². The van der Waals surface area contributed by atoms with Crippen LogP contribution in [0.3, 0.4) is 0 Å². The lowest BCUT2D eigenvalue weighted by Crippen LogP contribution is -2.66. The van der Waals surface area contributed by atoms with E-state index in [9.17, 15) is 40.2 Å². The van der Waals surface area contributed by atoms with Crippen LogP contribution in [0.25, 0.3) is 10.8 Å². The highest BCUT2D eigenvalue weighted by Crippen LogP contribution is 2.46. The van der Waals surface area contributed by atoms with Gasteiger partial charge in [0.2, 0.25) is 12.1 Å². The molecule has 6 atom stereocenters. The molecule has 3 aromatic rings. The van der Waals surface area contributed by atoms with Crippen LogP contribution in [0.15, 0.2) is 42.6 Å². The number of ether oxygens (including phenoxy) is 2. The molecule has 0 unspecified atom stereocenters. The normalized spacial score (nSPS) is 31.2. The van der Waals surface area contributed by atoms with E-state index < -0.39 is 59.9 Å². The lowest BCUT2D eigenvalue weighted by molar-refractivity contribution is -0.304. The Hall–Kier alpha value is -3.91. The van der Waals surface area contributed by atoms with Crippen molar-refractivity contribution in [2.75, 3.05) is 18.5 Å². The van der Waals surface area contributed by atoms with Gasteiger partial charge in [-0.3, -0.25) is 9.59 Å². The fourth-order valence-electron chi connectivity index (χ4n) is 7.32. The third-order valence-electron chi connectivity index (χ3n) is 9.86. The number of aromatic hydroxyl groups is 1. The highest BCUT2D eigenvalue weighted by Gasteiger charge is 2.54. The van der Waals surface area contributed by atoms with E-state index in [4.69, 9.17) is 9.47 Å².